The topological polar surface area (TPSA) is 135 Å². The van der Waals surface area contributed by atoms with Crippen molar-refractivity contribution in [1.29, 1.82) is 0 Å². The Hall–Kier alpha value is -4.41. The molecule has 2 bridgehead atoms. The third kappa shape index (κ3) is 5.62. The molecule has 6 atom stereocenters. The summed E-state index contributed by atoms with van der Waals surface area (Å²) in [4.78, 5) is 38.7. The number of fused-ring (bicyclic) bond motifs is 2. The molecule has 0 aromatic heterocycles. The normalized spacial score (nSPS) is 24.0. The molecule has 2 aliphatic rings. The Morgan fingerprint density at radius 3 is 1.80 bits per heavy atom. The van der Waals surface area contributed by atoms with Gasteiger partial charge >= 0.3 is 5.97 Å². The summed E-state index contributed by atoms with van der Waals surface area (Å²) >= 11 is 0. The molecule has 232 valence electrons. The number of primary amides is 1. The zero-order chi connectivity index (χ0) is 31.4. The van der Waals surface area contributed by atoms with Crippen molar-refractivity contribution in [2.75, 3.05) is 20.8 Å². The molecule has 0 spiro atoms. The van der Waals surface area contributed by atoms with Gasteiger partial charge in [0.05, 0.1) is 26.1 Å². The van der Waals surface area contributed by atoms with Gasteiger partial charge in [-0.3, -0.25) is 14.4 Å². The van der Waals surface area contributed by atoms with Crippen LogP contribution in [0.25, 0.3) is 0 Å². The lowest BCUT2D eigenvalue weighted by atomic mass is 9.74. The van der Waals surface area contributed by atoms with Crippen LogP contribution in [0.15, 0.2) is 78.9 Å². The number of benzene rings is 3. The smallest absolute Gasteiger partial charge is 0.303 e. The molecule has 0 saturated carbocycles. The van der Waals surface area contributed by atoms with Crippen LogP contribution in [0, 0.1) is 11.8 Å². The van der Waals surface area contributed by atoms with Crippen molar-refractivity contribution in [3.05, 3.63) is 95.6 Å². The molecule has 3 N–H and O–H groups in total. The summed E-state index contributed by atoms with van der Waals surface area (Å²) in [6, 6.07) is 24.6. The van der Waals surface area contributed by atoms with Crippen LogP contribution >= 0.6 is 0 Å². The van der Waals surface area contributed by atoms with Crippen molar-refractivity contribution in [3.63, 3.8) is 0 Å². The molecule has 2 saturated heterocycles. The number of hydrogen-bond donors (Lipinski definition) is 2. The first-order valence-corrected chi connectivity index (χ1v) is 14.7. The van der Waals surface area contributed by atoms with Crippen molar-refractivity contribution in [1.82, 2.24) is 5.32 Å². The third-order valence-corrected chi connectivity index (χ3v) is 8.35. The summed E-state index contributed by atoms with van der Waals surface area (Å²) in [6.07, 6.45) is -3.16. The lowest BCUT2D eigenvalue weighted by molar-refractivity contribution is -0.171. The van der Waals surface area contributed by atoms with Gasteiger partial charge in [-0.2, -0.15) is 0 Å². The van der Waals surface area contributed by atoms with Crippen LogP contribution in [0.5, 0.6) is 11.5 Å². The fraction of sp³-hybridized carbons (Fsp3) is 0.382. The van der Waals surface area contributed by atoms with Crippen LogP contribution < -0.4 is 20.5 Å². The molecule has 10 heteroatoms. The van der Waals surface area contributed by atoms with Gasteiger partial charge in [-0.1, -0.05) is 61.5 Å². The van der Waals surface area contributed by atoms with Crippen LogP contribution in [-0.2, 0) is 34.2 Å². The molecule has 2 aliphatic heterocycles. The standard InChI is InChI=1S/C34H38N2O8/c1-5-19-36-33(39)27-26(32(35)38)28-30(42-20(2)37)31(29(27)43-28)44-34(21-9-7-6-8-10-21,22-11-15-24(40-3)16-12-22)23-13-17-25(41-4)18-14-23/h6-18,26-31H,5,19H2,1-4H3,(H2,35,38)(H,36,39). The molecule has 2 fully saturated rings. The first-order chi connectivity index (χ1) is 21.2. The van der Waals surface area contributed by atoms with E-state index in [9.17, 15) is 14.4 Å². The Bertz CT molecular complexity index is 1410. The lowest BCUT2D eigenvalue weighted by Crippen LogP contribution is -2.58. The lowest BCUT2D eigenvalue weighted by Gasteiger charge is -2.43. The molecule has 3 aromatic carbocycles. The van der Waals surface area contributed by atoms with Gasteiger partial charge in [0, 0.05) is 13.5 Å². The van der Waals surface area contributed by atoms with E-state index in [1.807, 2.05) is 85.8 Å². The van der Waals surface area contributed by atoms with Crippen molar-refractivity contribution in [2.45, 2.75) is 50.3 Å². The van der Waals surface area contributed by atoms with Crippen molar-refractivity contribution < 1.29 is 38.1 Å². The average Bonchev–Trinajstić information content (AvgIpc) is 3.59. The first-order valence-electron chi connectivity index (χ1n) is 14.7. The number of methoxy groups -OCH3 is 2. The Balaban J connectivity index is 1.71. The van der Waals surface area contributed by atoms with Crippen LogP contribution in [-0.4, -0.2) is 63.0 Å². The summed E-state index contributed by atoms with van der Waals surface area (Å²) in [5.41, 5.74) is 6.81. The minimum Gasteiger partial charge on any atom is -0.497 e. The Labute approximate surface area is 256 Å². The van der Waals surface area contributed by atoms with Crippen molar-refractivity contribution in [3.8, 4) is 11.5 Å². The largest absolute Gasteiger partial charge is 0.497 e. The molecule has 2 amide bonds. The summed E-state index contributed by atoms with van der Waals surface area (Å²) in [7, 11) is 3.18. The minimum absolute atomic E-state index is 0.364. The van der Waals surface area contributed by atoms with E-state index in [0.29, 0.717) is 24.5 Å². The molecule has 0 radical (unpaired) electrons. The second kappa shape index (κ2) is 13.1. The summed E-state index contributed by atoms with van der Waals surface area (Å²) in [6.45, 7) is 3.64. The maximum atomic E-state index is 13.5. The van der Waals surface area contributed by atoms with Crippen LogP contribution in [0.4, 0.5) is 0 Å². The van der Waals surface area contributed by atoms with Gasteiger partial charge < -0.3 is 34.7 Å². The van der Waals surface area contributed by atoms with E-state index in [0.717, 1.165) is 16.7 Å². The molecule has 5 rings (SSSR count). The van der Waals surface area contributed by atoms with E-state index in [1.165, 1.54) is 6.92 Å². The van der Waals surface area contributed by atoms with Crippen molar-refractivity contribution >= 4 is 17.8 Å². The highest BCUT2D eigenvalue weighted by atomic mass is 16.6. The fourth-order valence-corrected chi connectivity index (χ4v) is 6.41. The summed E-state index contributed by atoms with van der Waals surface area (Å²) in [5.74, 6) is -2.28. The van der Waals surface area contributed by atoms with Gasteiger partial charge in [0.1, 0.15) is 35.4 Å². The first kappa shape index (κ1) is 31.0. The van der Waals surface area contributed by atoms with Gasteiger partial charge in [-0.25, -0.2) is 0 Å². The maximum absolute atomic E-state index is 13.5. The predicted molar refractivity (Wildman–Crippen MR) is 161 cm³/mol. The van der Waals surface area contributed by atoms with Crippen LogP contribution in [0.1, 0.15) is 37.0 Å². The average molecular weight is 603 g/mol. The molecular formula is C34H38N2O8. The van der Waals surface area contributed by atoms with Gasteiger partial charge in [-0.05, 0) is 47.4 Å². The van der Waals surface area contributed by atoms with E-state index >= 15 is 0 Å². The molecule has 10 nitrogen and oxygen atoms in total. The number of amides is 2. The molecular weight excluding hydrogens is 564 g/mol. The van der Waals surface area contributed by atoms with E-state index in [1.54, 1.807) is 14.2 Å². The van der Waals surface area contributed by atoms with Crippen LogP contribution in [0.2, 0.25) is 0 Å². The molecule has 44 heavy (non-hydrogen) atoms. The molecule has 3 aromatic rings. The number of carbonyl (C=O) groups excluding carboxylic acids is 3. The van der Waals surface area contributed by atoms with Gasteiger partial charge in [0.2, 0.25) is 11.8 Å². The zero-order valence-corrected chi connectivity index (χ0v) is 25.2. The highest BCUT2D eigenvalue weighted by Crippen LogP contribution is 2.51. The Morgan fingerprint density at radius 2 is 1.32 bits per heavy atom. The zero-order valence-electron chi connectivity index (χ0n) is 25.2. The highest BCUT2D eigenvalue weighted by Gasteiger charge is 2.67. The molecule has 2 heterocycles. The highest BCUT2D eigenvalue weighted by molar-refractivity contribution is 5.89. The molecule has 0 aliphatic carbocycles. The van der Waals surface area contributed by atoms with Gasteiger partial charge in [-0.15, -0.1) is 0 Å². The number of nitrogens with two attached hydrogens (primary N) is 1. The van der Waals surface area contributed by atoms with Crippen molar-refractivity contribution in [2.24, 2.45) is 17.6 Å². The van der Waals surface area contributed by atoms with E-state index < -0.39 is 53.7 Å². The number of rotatable bonds is 12. The number of carbonyl (C=O) groups is 3. The van der Waals surface area contributed by atoms with Crippen LogP contribution in [0.3, 0.4) is 0 Å². The quantitative estimate of drug-likeness (QED) is 0.238. The summed E-state index contributed by atoms with van der Waals surface area (Å²) < 4.78 is 30.2. The van der Waals surface area contributed by atoms with Gasteiger partial charge in [0.15, 0.2) is 6.10 Å². The number of esters is 1. The second-order valence-electron chi connectivity index (χ2n) is 11.0. The maximum Gasteiger partial charge on any atom is 0.303 e. The predicted octanol–water partition coefficient (Wildman–Crippen LogP) is 3.34. The fourth-order valence-electron chi connectivity index (χ4n) is 6.41. The number of hydrogen-bond acceptors (Lipinski definition) is 8. The van der Waals surface area contributed by atoms with Gasteiger partial charge in [0.25, 0.3) is 0 Å². The van der Waals surface area contributed by atoms with E-state index in [2.05, 4.69) is 5.32 Å². The molecule has 6 unspecified atom stereocenters. The third-order valence-electron chi connectivity index (χ3n) is 8.35. The Kier molecular flexibility index (Phi) is 9.22. The number of ether oxygens (including phenoxy) is 5. The number of nitrogens with one attached hydrogen (secondary N) is 1. The summed E-state index contributed by atoms with van der Waals surface area (Å²) in [5, 5.41) is 2.89. The van der Waals surface area contributed by atoms with E-state index in [-0.39, 0.29) is 5.91 Å². The minimum atomic E-state index is -1.29. The SMILES string of the molecule is CCCNC(=O)C1C2OC(C(OC(C)=O)C2OC(c2ccccc2)(c2ccc(OC)cc2)c2ccc(OC)cc2)C1C(N)=O. The monoisotopic (exact) mass is 602 g/mol. The van der Waals surface area contributed by atoms with E-state index in [4.69, 9.17) is 29.4 Å². The Morgan fingerprint density at radius 1 is 0.795 bits per heavy atom. The second-order valence-corrected chi connectivity index (χ2v) is 11.0.